The van der Waals surface area contributed by atoms with Crippen LogP contribution in [0.1, 0.15) is 13.8 Å². The fraction of sp³-hybridized carbons (Fsp3) is 0.182. The van der Waals surface area contributed by atoms with E-state index < -0.39 is 0 Å². The van der Waals surface area contributed by atoms with Crippen molar-refractivity contribution in [1.29, 1.82) is 0 Å². The lowest BCUT2D eigenvalue weighted by Gasteiger charge is -2.09. The van der Waals surface area contributed by atoms with Gasteiger partial charge in [-0.2, -0.15) is 0 Å². The molecule has 0 atom stereocenters. The molecule has 0 N–H and O–H groups in total. The fourth-order valence-corrected chi connectivity index (χ4v) is 3.45. The first-order chi connectivity index (χ1) is 12.8. The Morgan fingerprint density at radius 1 is 0.577 bits per heavy atom. The van der Waals surface area contributed by atoms with Crippen LogP contribution in [0.4, 0.5) is 0 Å². The van der Waals surface area contributed by atoms with Crippen molar-refractivity contribution < 1.29 is 0 Å². The number of benzene rings is 2. The molecule has 4 heteroatoms. The monoisotopic (exact) mass is 342 g/mol. The second kappa shape index (κ2) is 7.00. The summed E-state index contributed by atoms with van der Waals surface area (Å²) >= 11 is 0. The van der Waals surface area contributed by atoms with Gasteiger partial charge in [-0.3, -0.25) is 0 Å². The van der Waals surface area contributed by atoms with Gasteiger partial charge in [0, 0.05) is 24.1 Å². The molecule has 4 aromatic rings. The van der Waals surface area contributed by atoms with Gasteiger partial charge in [0.15, 0.2) is 11.0 Å². The molecule has 0 radical (unpaired) electrons. The van der Waals surface area contributed by atoms with Crippen LogP contribution in [0, 0.1) is 0 Å². The van der Waals surface area contributed by atoms with E-state index in [0.29, 0.717) is 0 Å². The molecule has 0 amide bonds. The molecule has 0 saturated heterocycles. The van der Waals surface area contributed by atoms with Crippen molar-refractivity contribution in [3.63, 3.8) is 0 Å². The molecule has 130 valence electrons. The molecule has 2 aromatic heterocycles. The summed E-state index contributed by atoms with van der Waals surface area (Å²) in [5, 5.41) is 11.6. The number of hydrogen-bond acceptors (Lipinski definition) is 2. The molecule has 2 aromatic carbocycles. The summed E-state index contributed by atoms with van der Waals surface area (Å²) in [5.74, 6) is 0. The van der Waals surface area contributed by atoms with Gasteiger partial charge in [0.2, 0.25) is 0 Å². The summed E-state index contributed by atoms with van der Waals surface area (Å²) in [5.41, 5.74) is 4.07. The van der Waals surface area contributed by atoms with E-state index in [0.717, 1.165) is 24.1 Å². The van der Waals surface area contributed by atoms with E-state index in [9.17, 15) is 0 Å². The lowest BCUT2D eigenvalue weighted by Crippen LogP contribution is -2.22. The number of nitrogens with zero attached hydrogens (tertiary/aromatic N) is 4. The van der Waals surface area contributed by atoms with Crippen LogP contribution >= 0.6 is 0 Å². The summed E-state index contributed by atoms with van der Waals surface area (Å²) in [6.07, 6.45) is 0. The Kier molecular flexibility index (Phi) is 4.40. The summed E-state index contributed by atoms with van der Waals surface area (Å²) < 4.78 is 4.38. The smallest absolute Gasteiger partial charge is 0.155 e. The molecule has 0 spiro atoms. The molecule has 0 saturated carbocycles. The minimum Gasteiger partial charge on any atom is -0.325 e. The number of pyridine rings is 2. The van der Waals surface area contributed by atoms with Gasteiger partial charge in [-0.05, 0) is 61.0 Å². The highest BCUT2D eigenvalue weighted by Gasteiger charge is 2.00. The van der Waals surface area contributed by atoms with Crippen LogP contribution in [0.25, 0.3) is 21.8 Å². The molecule has 2 heterocycles. The zero-order valence-electron chi connectivity index (χ0n) is 15.1. The first kappa shape index (κ1) is 16.3. The maximum Gasteiger partial charge on any atom is 0.155 e. The number of aryl methyl sites for hydroxylation is 2. The largest absolute Gasteiger partial charge is 0.325 e. The topological polar surface area (TPSA) is 34.6 Å². The molecule has 0 fully saturated rings. The first-order valence-electron chi connectivity index (χ1n) is 9.06. The molecule has 0 aliphatic heterocycles. The summed E-state index contributed by atoms with van der Waals surface area (Å²) in [7, 11) is 0. The minimum absolute atomic E-state index is 0.848. The number of fused-ring (bicyclic) bond motifs is 2. The summed E-state index contributed by atoms with van der Waals surface area (Å²) in [6.45, 7) is 5.96. The van der Waals surface area contributed by atoms with Crippen molar-refractivity contribution in [2.24, 2.45) is 10.2 Å². The standard InChI is InChI=1S/C22H22N4/c1-3-25-19-11-7-5-9-17(19)13-15-21(25)23-24-22-16-14-18-10-6-8-12-20(18)26(22)4-2/h5-16H,3-4H2,1-2H3/b23-21-,24-22+. The second-order valence-corrected chi connectivity index (χ2v) is 6.19. The lowest BCUT2D eigenvalue weighted by atomic mass is 10.2. The van der Waals surface area contributed by atoms with Crippen molar-refractivity contribution in [2.45, 2.75) is 26.9 Å². The molecular formula is C22H22N4. The molecule has 26 heavy (non-hydrogen) atoms. The van der Waals surface area contributed by atoms with Crippen LogP contribution in [0.3, 0.4) is 0 Å². The Hall–Kier alpha value is -3.14. The average molecular weight is 342 g/mol. The zero-order chi connectivity index (χ0) is 17.9. The van der Waals surface area contributed by atoms with Gasteiger partial charge in [-0.25, -0.2) is 0 Å². The zero-order valence-corrected chi connectivity index (χ0v) is 15.1. The van der Waals surface area contributed by atoms with Crippen LogP contribution < -0.4 is 11.0 Å². The van der Waals surface area contributed by atoms with E-state index >= 15 is 0 Å². The van der Waals surface area contributed by atoms with Gasteiger partial charge in [0.05, 0.1) is 0 Å². The number of para-hydroxylation sites is 2. The third-order valence-electron chi connectivity index (χ3n) is 4.72. The molecule has 4 rings (SSSR count). The van der Waals surface area contributed by atoms with Gasteiger partial charge >= 0.3 is 0 Å². The highest BCUT2D eigenvalue weighted by molar-refractivity contribution is 5.79. The minimum atomic E-state index is 0.848. The quantitative estimate of drug-likeness (QED) is 0.504. The van der Waals surface area contributed by atoms with Crippen LogP contribution in [0.2, 0.25) is 0 Å². The summed E-state index contributed by atoms with van der Waals surface area (Å²) in [6, 6.07) is 25.0. The van der Waals surface area contributed by atoms with E-state index in [1.54, 1.807) is 0 Å². The third-order valence-corrected chi connectivity index (χ3v) is 4.72. The van der Waals surface area contributed by atoms with E-state index in [4.69, 9.17) is 0 Å². The van der Waals surface area contributed by atoms with Gasteiger partial charge in [0.1, 0.15) is 0 Å². The van der Waals surface area contributed by atoms with Crippen LogP contribution in [0.5, 0.6) is 0 Å². The first-order valence-corrected chi connectivity index (χ1v) is 9.06. The molecule has 0 aliphatic rings. The number of aromatic nitrogens is 2. The highest BCUT2D eigenvalue weighted by Crippen LogP contribution is 2.11. The molecule has 4 nitrogen and oxygen atoms in total. The van der Waals surface area contributed by atoms with Crippen molar-refractivity contribution in [1.82, 2.24) is 9.13 Å². The lowest BCUT2D eigenvalue weighted by molar-refractivity contribution is 0.708. The molecule has 0 unspecified atom stereocenters. The second-order valence-electron chi connectivity index (χ2n) is 6.19. The fourth-order valence-electron chi connectivity index (χ4n) is 3.45. The van der Waals surface area contributed by atoms with Crippen molar-refractivity contribution in [3.8, 4) is 0 Å². The predicted molar refractivity (Wildman–Crippen MR) is 106 cm³/mol. The number of rotatable bonds is 3. The molecule has 0 aliphatic carbocycles. The van der Waals surface area contributed by atoms with Gasteiger partial charge in [-0.15, -0.1) is 10.2 Å². The summed E-state index contributed by atoms with van der Waals surface area (Å²) in [4.78, 5) is 0. The SMILES string of the molecule is CCn1/c(=N\N=c2/ccc3ccccc3n2CC)ccc2ccccc21. The Morgan fingerprint density at radius 3 is 1.42 bits per heavy atom. The third kappa shape index (κ3) is 2.84. The normalized spacial score (nSPS) is 13.0. The molecular weight excluding hydrogens is 320 g/mol. The Labute approximate surface area is 152 Å². The Bertz CT molecular complexity index is 1110. The van der Waals surface area contributed by atoms with Crippen LogP contribution in [-0.4, -0.2) is 9.13 Å². The Morgan fingerprint density at radius 2 is 1.00 bits per heavy atom. The van der Waals surface area contributed by atoms with Gasteiger partial charge in [-0.1, -0.05) is 36.4 Å². The number of hydrogen-bond donors (Lipinski definition) is 0. The van der Waals surface area contributed by atoms with Gasteiger partial charge in [0.25, 0.3) is 0 Å². The predicted octanol–water partition coefficient (Wildman–Crippen LogP) is 4.05. The van der Waals surface area contributed by atoms with Gasteiger partial charge < -0.3 is 9.13 Å². The Balaban J connectivity index is 1.95. The van der Waals surface area contributed by atoms with Crippen molar-refractivity contribution in [2.75, 3.05) is 0 Å². The van der Waals surface area contributed by atoms with E-state index in [2.05, 4.69) is 93.8 Å². The van der Waals surface area contributed by atoms with Crippen molar-refractivity contribution in [3.05, 3.63) is 83.8 Å². The van der Waals surface area contributed by atoms with E-state index in [-0.39, 0.29) is 0 Å². The maximum atomic E-state index is 4.58. The molecule has 0 bridgehead atoms. The van der Waals surface area contributed by atoms with Crippen LogP contribution in [0.15, 0.2) is 83.0 Å². The average Bonchev–Trinajstić information content (AvgIpc) is 2.71. The van der Waals surface area contributed by atoms with E-state index in [1.807, 2.05) is 12.1 Å². The highest BCUT2D eigenvalue weighted by atomic mass is 15.3. The van der Waals surface area contributed by atoms with Crippen molar-refractivity contribution >= 4 is 21.8 Å². The maximum absolute atomic E-state index is 4.58. The van der Waals surface area contributed by atoms with E-state index in [1.165, 1.54) is 21.8 Å². The van der Waals surface area contributed by atoms with Crippen LogP contribution in [-0.2, 0) is 13.1 Å².